The largest absolute Gasteiger partial charge is 0.487 e. The van der Waals surface area contributed by atoms with E-state index in [2.05, 4.69) is 15.0 Å². The molecule has 7 heteroatoms. The van der Waals surface area contributed by atoms with Gasteiger partial charge in [0.2, 0.25) is 5.89 Å². The predicted octanol–water partition coefficient (Wildman–Crippen LogP) is 4.47. The highest BCUT2D eigenvalue weighted by Gasteiger charge is 2.12. The fourth-order valence-electron chi connectivity index (χ4n) is 2.02. The second-order valence-electron chi connectivity index (χ2n) is 4.93. The molecule has 124 valence electrons. The maximum absolute atomic E-state index is 11.1. The summed E-state index contributed by atoms with van der Waals surface area (Å²) >= 11 is 1.58. The Hall–Kier alpha value is -2.80. The van der Waals surface area contributed by atoms with Crippen molar-refractivity contribution in [3.8, 4) is 16.5 Å². The van der Waals surface area contributed by atoms with Gasteiger partial charge in [0.25, 0.3) is 0 Å². The number of anilines is 1. The summed E-state index contributed by atoms with van der Waals surface area (Å²) in [5.74, 6) is 2.02. The van der Waals surface area contributed by atoms with E-state index in [1.165, 1.54) is 7.11 Å². The normalized spacial score (nSPS) is 10.4. The molecule has 1 aromatic carbocycles. The van der Waals surface area contributed by atoms with E-state index in [-0.39, 0.29) is 0 Å². The van der Waals surface area contributed by atoms with Gasteiger partial charge in [0.15, 0.2) is 0 Å². The fraction of sp³-hybridized carbons (Fsp3) is 0.176. The van der Waals surface area contributed by atoms with Crippen LogP contribution in [0.1, 0.15) is 11.5 Å². The molecule has 6 nitrogen and oxygen atoms in total. The number of amides is 1. The summed E-state index contributed by atoms with van der Waals surface area (Å²) in [6.45, 7) is 2.18. The monoisotopic (exact) mass is 344 g/mol. The van der Waals surface area contributed by atoms with Crippen LogP contribution in [0.15, 0.2) is 46.2 Å². The second-order valence-corrected chi connectivity index (χ2v) is 5.88. The quantitative estimate of drug-likeness (QED) is 0.739. The highest BCUT2D eigenvalue weighted by atomic mass is 32.1. The number of carbonyl (C=O) groups excluding carboxylic acids is 1. The lowest BCUT2D eigenvalue weighted by Gasteiger charge is -2.07. The molecule has 0 aliphatic rings. The van der Waals surface area contributed by atoms with Crippen molar-refractivity contribution in [2.45, 2.75) is 13.5 Å². The number of ether oxygens (including phenoxy) is 2. The zero-order valence-electron chi connectivity index (χ0n) is 13.2. The Morgan fingerprint density at radius 3 is 2.75 bits per heavy atom. The lowest BCUT2D eigenvalue weighted by Crippen LogP contribution is -2.10. The van der Waals surface area contributed by atoms with Crippen LogP contribution in [0.25, 0.3) is 10.8 Å². The van der Waals surface area contributed by atoms with Crippen LogP contribution in [0, 0.1) is 6.92 Å². The Morgan fingerprint density at radius 1 is 1.29 bits per heavy atom. The standard InChI is InChI=1S/C17H16N2O4S/c1-11-14(19-16(23-11)15-4-3-9-24-15)10-22-13-7-5-12(6-8-13)18-17(20)21-2/h3-9H,10H2,1-2H3,(H,18,20). The van der Waals surface area contributed by atoms with Crippen molar-refractivity contribution in [1.29, 1.82) is 0 Å². The lowest BCUT2D eigenvalue weighted by molar-refractivity contribution is 0.187. The molecule has 0 aliphatic heterocycles. The molecule has 2 heterocycles. The number of nitrogens with one attached hydrogen (secondary N) is 1. The van der Waals surface area contributed by atoms with Gasteiger partial charge in [-0.05, 0) is 42.6 Å². The number of nitrogens with zero attached hydrogens (tertiary/aromatic N) is 1. The number of aromatic nitrogens is 1. The Balaban J connectivity index is 1.62. The van der Waals surface area contributed by atoms with Crippen molar-refractivity contribution in [3.05, 3.63) is 53.2 Å². The molecule has 0 saturated heterocycles. The topological polar surface area (TPSA) is 73.6 Å². The van der Waals surface area contributed by atoms with Gasteiger partial charge in [-0.15, -0.1) is 11.3 Å². The van der Waals surface area contributed by atoms with Crippen molar-refractivity contribution in [2.24, 2.45) is 0 Å². The number of benzene rings is 1. The zero-order valence-corrected chi connectivity index (χ0v) is 14.1. The van der Waals surface area contributed by atoms with E-state index < -0.39 is 6.09 Å². The molecule has 0 radical (unpaired) electrons. The number of aryl methyl sites for hydroxylation is 1. The predicted molar refractivity (Wildman–Crippen MR) is 91.4 cm³/mol. The Morgan fingerprint density at radius 2 is 2.08 bits per heavy atom. The van der Waals surface area contributed by atoms with Crippen LogP contribution >= 0.6 is 11.3 Å². The third kappa shape index (κ3) is 3.75. The summed E-state index contributed by atoms with van der Waals surface area (Å²) < 4.78 is 15.9. The molecule has 0 saturated carbocycles. The van der Waals surface area contributed by atoms with E-state index in [9.17, 15) is 4.79 Å². The van der Waals surface area contributed by atoms with Gasteiger partial charge >= 0.3 is 6.09 Å². The van der Waals surface area contributed by atoms with Crippen molar-refractivity contribution in [1.82, 2.24) is 4.98 Å². The minimum Gasteiger partial charge on any atom is -0.487 e. The van der Waals surface area contributed by atoms with Gasteiger partial charge < -0.3 is 13.9 Å². The summed E-state index contributed by atoms with van der Waals surface area (Å²) in [6, 6.07) is 10.9. The maximum Gasteiger partial charge on any atom is 0.411 e. The summed E-state index contributed by atoms with van der Waals surface area (Å²) in [7, 11) is 1.32. The minimum absolute atomic E-state index is 0.310. The molecule has 1 amide bonds. The van der Waals surface area contributed by atoms with E-state index >= 15 is 0 Å². The van der Waals surface area contributed by atoms with Gasteiger partial charge in [-0.25, -0.2) is 9.78 Å². The first-order valence-electron chi connectivity index (χ1n) is 7.23. The number of carbonyl (C=O) groups is 1. The Labute approximate surface area is 143 Å². The van der Waals surface area contributed by atoms with Gasteiger partial charge in [0.1, 0.15) is 23.8 Å². The third-order valence-corrected chi connectivity index (χ3v) is 4.14. The minimum atomic E-state index is -0.511. The number of rotatable bonds is 5. The maximum atomic E-state index is 11.1. The molecule has 0 aliphatic carbocycles. The molecular formula is C17H16N2O4S. The molecule has 24 heavy (non-hydrogen) atoms. The Kier molecular flexibility index (Phi) is 4.81. The van der Waals surface area contributed by atoms with Crippen molar-refractivity contribution in [2.75, 3.05) is 12.4 Å². The molecular weight excluding hydrogens is 328 g/mol. The van der Waals surface area contributed by atoms with Gasteiger partial charge in [0, 0.05) is 5.69 Å². The number of oxazole rings is 1. The molecule has 2 aromatic heterocycles. The molecule has 3 aromatic rings. The van der Waals surface area contributed by atoms with Crippen LogP contribution in [0.3, 0.4) is 0 Å². The molecule has 0 fully saturated rings. The van der Waals surface area contributed by atoms with E-state index in [4.69, 9.17) is 9.15 Å². The van der Waals surface area contributed by atoms with Gasteiger partial charge in [-0.2, -0.15) is 0 Å². The van der Waals surface area contributed by atoms with Crippen LogP contribution in [0.4, 0.5) is 10.5 Å². The van der Waals surface area contributed by atoms with Gasteiger partial charge in [-0.1, -0.05) is 6.07 Å². The first-order chi connectivity index (χ1) is 11.7. The molecule has 3 rings (SSSR count). The van der Waals surface area contributed by atoms with E-state index in [0.29, 0.717) is 23.9 Å². The van der Waals surface area contributed by atoms with Crippen LogP contribution in [-0.2, 0) is 11.3 Å². The molecule has 0 atom stereocenters. The lowest BCUT2D eigenvalue weighted by atomic mass is 10.3. The summed E-state index contributed by atoms with van der Waals surface area (Å²) in [5, 5.41) is 4.56. The summed E-state index contributed by atoms with van der Waals surface area (Å²) in [6.07, 6.45) is -0.511. The first kappa shape index (κ1) is 16.1. The summed E-state index contributed by atoms with van der Waals surface area (Å²) in [4.78, 5) is 16.6. The van der Waals surface area contributed by atoms with Crippen LogP contribution in [-0.4, -0.2) is 18.2 Å². The fourth-order valence-corrected chi connectivity index (χ4v) is 2.67. The number of hydrogen-bond acceptors (Lipinski definition) is 6. The number of methoxy groups -OCH3 is 1. The number of hydrogen-bond donors (Lipinski definition) is 1. The summed E-state index contributed by atoms with van der Waals surface area (Å²) in [5.41, 5.74) is 1.39. The highest BCUT2D eigenvalue weighted by Crippen LogP contribution is 2.26. The van der Waals surface area contributed by atoms with Crippen LogP contribution in [0.5, 0.6) is 5.75 Å². The molecule has 0 unspecified atom stereocenters. The van der Waals surface area contributed by atoms with Crippen molar-refractivity contribution in [3.63, 3.8) is 0 Å². The average molecular weight is 344 g/mol. The van der Waals surface area contributed by atoms with E-state index in [0.717, 1.165) is 16.3 Å². The van der Waals surface area contributed by atoms with E-state index in [1.807, 2.05) is 24.4 Å². The Bertz CT molecular complexity index is 810. The first-order valence-corrected chi connectivity index (χ1v) is 8.11. The molecule has 0 spiro atoms. The molecule has 0 bridgehead atoms. The van der Waals surface area contributed by atoms with E-state index in [1.54, 1.807) is 35.6 Å². The highest BCUT2D eigenvalue weighted by molar-refractivity contribution is 7.13. The third-order valence-electron chi connectivity index (χ3n) is 3.29. The SMILES string of the molecule is COC(=O)Nc1ccc(OCc2nc(-c3cccs3)oc2C)cc1. The van der Waals surface area contributed by atoms with Crippen LogP contribution in [0.2, 0.25) is 0 Å². The van der Waals surface area contributed by atoms with Gasteiger partial charge in [0.05, 0.1) is 12.0 Å². The zero-order chi connectivity index (χ0) is 16.9. The van der Waals surface area contributed by atoms with Gasteiger partial charge in [-0.3, -0.25) is 5.32 Å². The van der Waals surface area contributed by atoms with Crippen molar-refractivity contribution >= 4 is 23.1 Å². The smallest absolute Gasteiger partial charge is 0.411 e. The van der Waals surface area contributed by atoms with Crippen LogP contribution < -0.4 is 10.1 Å². The second kappa shape index (κ2) is 7.18. The number of thiophene rings is 1. The van der Waals surface area contributed by atoms with Crippen molar-refractivity contribution < 1.29 is 18.7 Å². The molecule has 1 N–H and O–H groups in total. The average Bonchev–Trinajstić information content (AvgIpc) is 3.24.